The van der Waals surface area contributed by atoms with Crippen molar-refractivity contribution in [2.45, 2.75) is 6.54 Å². The Kier molecular flexibility index (Phi) is 3.62. The van der Waals surface area contributed by atoms with Gasteiger partial charge in [0, 0.05) is 25.0 Å². The zero-order valence-corrected chi connectivity index (χ0v) is 10.5. The van der Waals surface area contributed by atoms with Crippen molar-refractivity contribution in [3.63, 3.8) is 0 Å². The van der Waals surface area contributed by atoms with Crippen molar-refractivity contribution in [3.05, 3.63) is 42.4 Å². The number of hydrogen-bond acceptors (Lipinski definition) is 5. The molecule has 18 heavy (non-hydrogen) atoms. The summed E-state index contributed by atoms with van der Waals surface area (Å²) in [4.78, 5) is 10.4. The minimum Gasteiger partial charge on any atom is -0.497 e. The number of nitrogen functional groups attached to an aromatic ring is 1. The molecule has 0 saturated carbocycles. The molecule has 2 rings (SSSR count). The Hall–Kier alpha value is -2.30. The molecule has 0 spiro atoms. The third-order valence-corrected chi connectivity index (χ3v) is 2.60. The number of hydrogen-bond donors (Lipinski definition) is 1. The largest absolute Gasteiger partial charge is 0.497 e. The van der Waals surface area contributed by atoms with Crippen molar-refractivity contribution in [2.24, 2.45) is 0 Å². The van der Waals surface area contributed by atoms with Gasteiger partial charge in [0.05, 0.1) is 13.7 Å². The van der Waals surface area contributed by atoms with Crippen molar-refractivity contribution in [2.75, 3.05) is 24.8 Å². The zero-order valence-electron chi connectivity index (χ0n) is 10.5. The summed E-state index contributed by atoms with van der Waals surface area (Å²) in [5, 5.41) is 0. The molecule has 5 nitrogen and oxygen atoms in total. The first-order chi connectivity index (χ1) is 8.69. The summed E-state index contributed by atoms with van der Waals surface area (Å²) < 4.78 is 5.20. The van der Waals surface area contributed by atoms with Gasteiger partial charge in [-0.2, -0.15) is 0 Å². The summed E-state index contributed by atoms with van der Waals surface area (Å²) in [5.41, 5.74) is 6.67. The first-order valence-electron chi connectivity index (χ1n) is 5.61. The van der Waals surface area contributed by atoms with Crippen LogP contribution in [-0.2, 0) is 6.54 Å². The van der Waals surface area contributed by atoms with Crippen LogP contribution in [0.3, 0.4) is 0 Å². The molecule has 0 atom stereocenters. The van der Waals surface area contributed by atoms with Crippen LogP contribution < -0.4 is 15.4 Å². The van der Waals surface area contributed by atoms with Crippen molar-refractivity contribution in [3.8, 4) is 5.75 Å². The highest BCUT2D eigenvalue weighted by atomic mass is 16.5. The first kappa shape index (κ1) is 12.2. The van der Waals surface area contributed by atoms with E-state index in [-0.39, 0.29) is 0 Å². The number of rotatable bonds is 4. The molecule has 0 aliphatic carbocycles. The van der Waals surface area contributed by atoms with Crippen molar-refractivity contribution in [1.29, 1.82) is 0 Å². The Labute approximate surface area is 106 Å². The molecular weight excluding hydrogens is 228 g/mol. The van der Waals surface area contributed by atoms with Crippen molar-refractivity contribution in [1.82, 2.24) is 9.97 Å². The van der Waals surface area contributed by atoms with Gasteiger partial charge < -0.3 is 15.4 Å². The fourth-order valence-corrected chi connectivity index (χ4v) is 1.64. The van der Waals surface area contributed by atoms with Gasteiger partial charge in [-0.3, -0.25) is 0 Å². The van der Waals surface area contributed by atoms with Crippen LogP contribution in [0, 0.1) is 0 Å². The quantitative estimate of drug-likeness (QED) is 0.886. The highest BCUT2D eigenvalue weighted by Gasteiger charge is 2.05. The van der Waals surface area contributed by atoms with Crippen LogP contribution in [0.5, 0.6) is 5.75 Å². The molecule has 1 aromatic carbocycles. The maximum Gasteiger partial charge on any atom is 0.149 e. The van der Waals surface area contributed by atoms with Crippen LogP contribution in [0.1, 0.15) is 5.82 Å². The second-order valence-electron chi connectivity index (χ2n) is 3.96. The Morgan fingerprint density at radius 1 is 1.33 bits per heavy atom. The van der Waals surface area contributed by atoms with Gasteiger partial charge in [-0.25, -0.2) is 9.97 Å². The average Bonchev–Trinajstić information content (AvgIpc) is 2.39. The summed E-state index contributed by atoms with van der Waals surface area (Å²) in [6, 6.07) is 9.51. The van der Waals surface area contributed by atoms with Crippen LogP contribution in [0.4, 0.5) is 11.5 Å². The van der Waals surface area contributed by atoms with E-state index in [9.17, 15) is 0 Å². The van der Waals surface area contributed by atoms with E-state index in [0.29, 0.717) is 18.2 Å². The SMILES string of the molecule is COc1cccc(N(C)Cc2nccc(N)n2)c1. The van der Waals surface area contributed by atoms with E-state index in [2.05, 4.69) is 9.97 Å². The molecule has 1 heterocycles. The third kappa shape index (κ3) is 2.88. The first-order valence-corrected chi connectivity index (χ1v) is 5.61. The van der Waals surface area contributed by atoms with E-state index >= 15 is 0 Å². The van der Waals surface area contributed by atoms with Gasteiger partial charge in [-0.05, 0) is 18.2 Å². The fraction of sp³-hybridized carbons (Fsp3) is 0.231. The van der Waals surface area contributed by atoms with Crippen LogP contribution in [-0.4, -0.2) is 24.1 Å². The van der Waals surface area contributed by atoms with Crippen LogP contribution in [0.2, 0.25) is 0 Å². The molecule has 0 fully saturated rings. The summed E-state index contributed by atoms with van der Waals surface area (Å²) in [6.45, 7) is 0.595. The monoisotopic (exact) mass is 244 g/mol. The van der Waals surface area contributed by atoms with Gasteiger partial charge in [-0.1, -0.05) is 6.07 Å². The molecule has 0 unspecified atom stereocenters. The number of methoxy groups -OCH3 is 1. The molecule has 0 aliphatic heterocycles. The molecule has 2 N–H and O–H groups in total. The van der Waals surface area contributed by atoms with E-state index < -0.39 is 0 Å². The van der Waals surface area contributed by atoms with Gasteiger partial charge in [0.25, 0.3) is 0 Å². The second-order valence-corrected chi connectivity index (χ2v) is 3.96. The predicted octanol–water partition coefficient (Wildman–Crippen LogP) is 1.70. The molecule has 1 aromatic heterocycles. The van der Waals surface area contributed by atoms with Gasteiger partial charge in [0.1, 0.15) is 17.4 Å². The normalized spacial score (nSPS) is 10.1. The molecule has 94 valence electrons. The molecule has 0 aliphatic rings. The Morgan fingerprint density at radius 2 is 2.17 bits per heavy atom. The number of nitrogens with zero attached hydrogens (tertiary/aromatic N) is 3. The Morgan fingerprint density at radius 3 is 2.89 bits per heavy atom. The minimum atomic E-state index is 0.485. The van der Waals surface area contributed by atoms with Crippen LogP contribution in [0.25, 0.3) is 0 Å². The maximum absolute atomic E-state index is 5.63. The van der Waals surface area contributed by atoms with E-state index in [1.807, 2.05) is 36.2 Å². The van der Waals surface area contributed by atoms with Crippen molar-refractivity contribution < 1.29 is 4.74 Å². The number of anilines is 2. The van der Waals surface area contributed by atoms with E-state index in [4.69, 9.17) is 10.5 Å². The molecule has 2 aromatic rings. The van der Waals surface area contributed by atoms with Gasteiger partial charge in [0.15, 0.2) is 0 Å². The van der Waals surface area contributed by atoms with Crippen LogP contribution >= 0.6 is 0 Å². The van der Waals surface area contributed by atoms with Gasteiger partial charge in [0.2, 0.25) is 0 Å². The summed E-state index contributed by atoms with van der Waals surface area (Å²) in [5.74, 6) is 2.01. The fourth-order valence-electron chi connectivity index (χ4n) is 1.64. The lowest BCUT2D eigenvalue weighted by atomic mass is 10.3. The van der Waals surface area contributed by atoms with E-state index in [1.165, 1.54) is 0 Å². The van der Waals surface area contributed by atoms with Gasteiger partial charge >= 0.3 is 0 Å². The smallest absolute Gasteiger partial charge is 0.149 e. The maximum atomic E-state index is 5.63. The molecule has 0 radical (unpaired) electrons. The molecule has 0 saturated heterocycles. The molecule has 5 heteroatoms. The van der Waals surface area contributed by atoms with E-state index in [0.717, 1.165) is 11.4 Å². The Balaban J connectivity index is 2.13. The lowest BCUT2D eigenvalue weighted by molar-refractivity contribution is 0.415. The number of ether oxygens (including phenoxy) is 1. The lowest BCUT2D eigenvalue weighted by Gasteiger charge is -2.18. The summed E-state index contributed by atoms with van der Waals surface area (Å²) in [7, 11) is 3.63. The number of nitrogens with two attached hydrogens (primary N) is 1. The highest BCUT2D eigenvalue weighted by Crippen LogP contribution is 2.20. The summed E-state index contributed by atoms with van der Waals surface area (Å²) >= 11 is 0. The molecule has 0 amide bonds. The number of benzene rings is 1. The molecular formula is C13H16N4O. The third-order valence-electron chi connectivity index (χ3n) is 2.60. The highest BCUT2D eigenvalue weighted by molar-refractivity contribution is 5.50. The predicted molar refractivity (Wildman–Crippen MR) is 71.5 cm³/mol. The van der Waals surface area contributed by atoms with Crippen LogP contribution in [0.15, 0.2) is 36.5 Å². The number of aromatic nitrogens is 2. The average molecular weight is 244 g/mol. The Bertz CT molecular complexity index is 530. The summed E-state index contributed by atoms with van der Waals surface area (Å²) in [6.07, 6.45) is 1.66. The topological polar surface area (TPSA) is 64.3 Å². The minimum absolute atomic E-state index is 0.485. The zero-order chi connectivity index (χ0) is 13.0. The lowest BCUT2D eigenvalue weighted by Crippen LogP contribution is -2.18. The van der Waals surface area contributed by atoms with Crippen molar-refractivity contribution >= 4 is 11.5 Å². The standard InChI is InChI=1S/C13H16N4O/c1-17(9-13-15-7-6-12(14)16-13)10-4-3-5-11(8-10)18-2/h3-8H,9H2,1-2H3,(H2,14,15,16). The van der Waals surface area contributed by atoms with E-state index in [1.54, 1.807) is 19.4 Å². The second kappa shape index (κ2) is 5.35. The molecule has 0 bridgehead atoms. The van der Waals surface area contributed by atoms with Gasteiger partial charge in [-0.15, -0.1) is 0 Å².